The van der Waals surface area contributed by atoms with Gasteiger partial charge in [-0.1, -0.05) is 19.8 Å². The molecule has 0 aliphatic heterocycles. The number of anilines is 1. The predicted molar refractivity (Wildman–Crippen MR) is 86.5 cm³/mol. The summed E-state index contributed by atoms with van der Waals surface area (Å²) in [5.41, 5.74) is 5.50. The highest BCUT2D eigenvalue weighted by Crippen LogP contribution is 2.33. The van der Waals surface area contributed by atoms with Crippen LogP contribution < -0.4 is 16.6 Å². The van der Waals surface area contributed by atoms with Crippen LogP contribution in [0, 0.1) is 5.92 Å². The molecule has 1 aliphatic carbocycles. The van der Waals surface area contributed by atoms with E-state index in [4.69, 9.17) is 5.73 Å². The lowest BCUT2D eigenvalue weighted by atomic mass is 9.76. The monoisotopic (exact) mass is 292 g/mol. The van der Waals surface area contributed by atoms with Crippen molar-refractivity contribution in [3.05, 3.63) is 22.7 Å². The third kappa shape index (κ3) is 3.46. The summed E-state index contributed by atoms with van der Waals surface area (Å²) in [4.78, 5) is 16.9. The van der Waals surface area contributed by atoms with Gasteiger partial charge in [0.25, 0.3) is 5.56 Å². The number of nitrogens with zero attached hydrogens (tertiary/aromatic N) is 2. The predicted octanol–water partition coefficient (Wildman–Crippen LogP) is 2.32. The number of hydrogen-bond donors (Lipinski definition) is 2. The summed E-state index contributed by atoms with van der Waals surface area (Å²) < 4.78 is 1.72. The van der Waals surface area contributed by atoms with Gasteiger partial charge in [-0.3, -0.25) is 4.79 Å². The molecular formula is C16H28N4O. The highest BCUT2D eigenvalue weighted by Gasteiger charge is 2.34. The van der Waals surface area contributed by atoms with Crippen molar-refractivity contribution < 1.29 is 0 Å². The molecule has 2 atom stereocenters. The van der Waals surface area contributed by atoms with Gasteiger partial charge in [0.2, 0.25) is 0 Å². The van der Waals surface area contributed by atoms with Gasteiger partial charge in [-0.25, -0.2) is 4.98 Å². The molecule has 1 saturated carbocycles. The van der Waals surface area contributed by atoms with E-state index in [1.165, 1.54) is 6.42 Å². The lowest BCUT2D eigenvalue weighted by molar-refractivity contribution is 0.262. The Morgan fingerprint density at radius 2 is 2.24 bits per heavy atom. The zero-order valence-electron chi connectivity index (χ0n) is 13.6. The maximum Gasteiger partial charge on any atom is 0.293 e. The smallest absolute Gasteiger partial charge is 0.293 e. The van der Waals surface area contributed by atoms with Gasteiger partial charge >= 0.3 is 0 Å². The van der Waals surface area contributed by atoms with Crippen LogP contribution in [0.4, 0.5) is 5.82 Å². The maximum absolute atomic E-state index is 12.6. The summed E-state index contributed by atoms with van der Waals surface area (Å²) in [7, 11) is 0. The summed E-state index contributed by atoms with van der Waals surface area (Å²) in [6, 6.07) is 0. The zero-order valence-corrected chi connectivity index (χ0v) is 13.6. The van der Waals surface area contributed by atoms with Gasteiger partial charge in [0.15, 0.2) is 5.82 Å². The van der Waals surface area contributed by atoms with Crippen molar-refractivity contribution in [1.82, 2.24) is 9.55 Å². The molecule has 2 rings (SSSR count). The molecule has 0 saturated heterocycles. The van der Waals surface area contributed by atoms with Crippen LogP contribution in [-0.2, 0) is 5.54 Å². The maximum atomic E-state index is 12.6. The standard InChI is InChI=1S/C16H28N4O/c1-12-6-5-7-16(10-12,11-17)19-13-14(21)20(9-8-18-13)15(2,3)4/h8-9,12H,5-7,10-11,17H2,1-4H3,(H,18,19). The van der Waals surface area contributed by atoms with Crippen LogP contribution in [0.3, 0.4) is 0 Å². The van der Waals surface area contributed by atoms with Crippen LogP contribution >= 0.6 is 0 Å². The van der Waals surface area contributed by atoms with E-state index in [1.807, 2.05) is 20.8 Å². The van der Waals surface area contributed by atoms with E-state index in [1.54, 1.807) is 17.0 Å². The minimum atomic E-state index is -0.258. The highest BCUT2D eigenvalue weighted by atomic mass is 16.1. The molecule has 1 aromatic heterocycles. The lowest BCUT2D eigenvalue weighted by Gasteiger charge is -2.40. The summed E-state index contributed by atoms with van der Waals surface area (Å²) in [6.07, 6.45) is 7.80. The summed E-state index contributed by atoms with van der Waals surface area (Å²) in [5.74, 6) is 1.05. The van der Waals surface area contributed by atoms with Crippen LogP contribution in [-0.4, -0.2) is 21.6 Å². The van der Waals surface area contributed by atoms with Gasteiger partial charge < -0.3 is 15.6 Å². The number of rotatable bonds is 3. The number of nitrogens with two attached hydrogens (primary N) is 1. The Balaban J connectivity index is 2.33. The molecule has 1 heterocycles. The van der Waals surface area contributed by atoms with E-state index in [2.05, 4.69) is 17.2 Å². The van der Waals surface area contributed by atoms with E-state index >= 15 is 0 Å². The van der Waals surface area contributed by atoms with Crippen molar-refractivity contribution in [2.45, 2.75) is 64.5 Å². The number of nitrogens with one attached hydrogen (secondary N) is 1. The first-order chi connectivity index (χ1) is 9.77. The first-order valence-electron chi connectivity index (χ1n) is 7.84. The Morgan fingerprint density at radius 1 is 1.52 bits per heavy atom. The lowest BCUT2D eigenvalue weighted by Crippen LogP contribution is -2.50. The molecule has 118 valence electrons. The normalized spacial score (nSPS) is 26.6. The molecule has 1 aromatic rings. The van der Waals surface area contributed by atoms with Gasteiger partial charge in [0.05, 0.1) is 5.54 Å². The van der Waals surface area contributed by atoms with E-state index in [0.29, 0.717) is 18.3 Å². The first-order valence-corrected chi connectivity index (χ1v) is 7.84. The summed E-state index contributed by atoms with van der Waals surface area (Å²) >= 11 is 0. The fraction of sp³-hybridized carbons (Fsp3) is 0.750. The van der Waals surface area contributed by atoms with Crippen molar-refractivity contribution in [3.8, 4) is 0 Å². The molecule has 0 spiro atoms. The molecule has 3 N–H and O–H groups in total. The van der Waals surface area contributed by atoms with Gasteiger partial charge in [-0.15, -0.1) is 0 Å². The quantitative estimate of drug-likeness (QED) is 0.896. The topological polar surface area (TPSA) is 72.9 Å². The molecule has 1 aliphatic rings. The third-order valence-corrected chi connectivity index (χ3v) is 4.43. The van der Waals surface area contributed by atoms with E-state index in [9.17, 15) is 4.79 Å². The van der Waals surface area contributed by atoms with Crippen molar-refractivity contribution in [2.75, 3.05) is 11.9 Å². The molecular weight excluding hydrogens is 264 g/mol. The minimum absolute atomic E-state index is 0.0731. The molecule has 21 heavy (non-hydrogen) atoms. The number of aromatic nitrogens is 2. The van der Waals surface area contributed by atoms with Crippen molar-refractivity contribution >= 4 is 5.82 Å². The van der Waals surface area contributed by atoms with Crippen molar-refractivity contribution in [2.24, 2.45) is 11.7 Å². The second-order valence-corrected chi connectivity index (χ2v) is 7.43. The Bertz CT molecular complexity index is 546. The van der Waals surface area contributed by atoms with Gasteiger partial charge in [0, 0.05) is 24.5 Å². The molecule has 5 heteroatoms. The highest BCUT2D eigenvalue weighted by molar-refractivity contribution is 5.36. The van der Waals surface area contributed by atoms with Crippen molar-refractivity contribution in [1.29, 1.82) is 0 Å². The van der Waals surface area contributed by atoms with Gasteiger partial charge in [-0.05, 0) is 39.5 Å². The molecule has 0 radical (unpaired) electrons. The van der Waals surface area contributed by atoms with Crippen LogP contribution in [0.15, 0.2) is 17.2 Å². The molecule has 0 amide bonds. The zero-order chi connectivity index (χ0) is 15.7. The third-order valence-electron chi connectivity index (χ3n) is 4.43. The minimum Gasteiger partial charge on any atom is -0.359 e. The largest absolute Gasteiger partial charge is 0.359 e. The molecule has 0 aromatic carbocycles. The Labute approximate surface area is 127 Å². The summed E-state index contributed by atoms with van der Waals surface area (Å²) in [6.45, 7) is 8.82. The van der Waals surface area contributed by atoms with Gasteiger partial charge in [-0.2, -0.15) is 0 Å². The fourth-order valence-corrected chi connectivity index (χ4v) is 3.29. The Kier molecular flexibility index (Phi) is 4.42. The summed E-state index contributed by atoms with van der Waals surface area (Å²) in [5, 5.41) is 3.39. The second-order valence-electron chi connectivity index (χ2n) is 7.43. The Morgan fingerprint density at radius 3 is 2.81 bits per heavy atom. The first kappa shape index (κ1) is 16.0. The van der Waals surface area contributed by atoms with Crippen molar-refractivity contribution in [3.63, 3.8) is 0 Å². The molecule has 1 fully saturated rings. The Hall–Kier alpha value is -1.36. The SMILES string of the molecule is CC1CCCC(CN)(Nc2nccn(C(C)(C)C)c2=O)C1. The average Bonchev–Trinajstić information content (AvgIpc) is 2.40. The van der Waals surface area contributed by atoms with E-state index < -0.39 is 0 Å². The fourth-order valence-electron chi connectivity index (χ4n) is 3.29. The molecule has 2 unspecified atom stereocenters. The second kappa shape index (κ2) is 5.79. The van der Waals surface area contributed by atoms with E-state index in [-0.39, 0.29) is 16.6 Å². The van der Waals surface area contributed by atoms with Crippen LogP contribution in [0.25, 0.3) is 0 Å². The van der Waals surface area contributed by atoms with E-state index in [0.717, 1.165) is 19.3 Å². The molecule has 5 nitrogen and oxygen atoms in total. The van der Waals surface area contributed by atoms with Crippen LogP contribution in [0.1, 0.15) is 53.4 Å². The van der Waals surface area contributed by atoms with Crippen LogP contribution in [0.2, 0.25) is 0 Å². The van der Waals surface area contributed by atoms with Crippen LogP contribution in [0.5, 0.6) is 0 Å². The number of hydrogen-bond acceptors (Lipinski definition) is 4. The van der Waals surface area contributed by atoms with Gasteiger partial charge in [0.1, 0.15) is 0 Å². The molecule has 0 bridgehead atoms. The average molecular weight is 292 g/mol.